The highest BCUT2D eigenvalue weighted by Crippen LogP contribution is 2.19. The number of nitrogens with zero attached hydrogens (tertiary/aromatic N) is 1. The van der Waals surface area contributed by atoms with Crippen LogP contribution in [-0.2, 0) is 4.74 Å². The molecule has 1 N–H and O–H groups in total. The first kappa shape index (κ1) is 14.3. The Hall–Kier alpha value is -1.10. The number of hydrogen-bond donors (Lipinski definition) is 1. The highest BCUT2D eigenvalue weighted by atomic mass is 16.5. The number of ether oxygens (including phenoxy) is 2. The number of rotatable bonds is 5. The van der Waals surface area contributed by atoms with Crippen molar-refractivity contribution in [2.24, 2.45) is 0 Å². The Morgan fingerprint density at radius 3 is 3.11 bits per heavy atom. The smallest absolute Gasteiger partial charge is 0.119 e. The van der Waals surface area contributed by atoms with Gasteiger partial charge >= 0.3 is 0 Å². The molecular formula is C15H24N2O2. The van der Waals surface area contributed by atoms with E-state index in [-0.39, 0.29) is 6.10 Å². The van der Waals surface area contributed by atoms with Crippen molar-refractivity contribution in [3.8, 4) is 5.75 Å². The van der Waals surface area contributed by atoms with E-state index in [2.05, 4.69) is 36.3 Å². The van der Waals surface area contributed by atoms with Crippen LogP contribution in [0, 0.1) is 0 Å². The Kier molecular flexibility index (Phi) is 5.19. The zero-order valence-corrected chi connectivity index (χ0v) is 12.1. The summed E-state index contributed by atoms with van der Waals surface area (Å²) in [4.78, 5) is 2.27. The predicted molar refractivity (Wildman–Crippen MR) is 76.6 cm³/mol. The zero-order valence-electron chi connectivity index (χ0n) is 12.1. The molecule has 4 nitrogen and oxygen atoms in total. The topological polar surface area (TPSA) is 33.7 Å². The average molecular weight is 264 g/mol. The van der Waals surface area contributed by atoms with Gasteiger partial charge in [-0.1, -0.05) is 12.1 Å². The van der Waals surface area contributed by atoms with Crippen molar-refractivity contribution in [2.45, 2.75) is 19.1 Å². The number of benzene rings is 1. The molecule has 106 valence electrons. The first-order valence-corrected chi connectivity index (χ1v) is 6.89. The van der Waals surface area contributed by atoms with Gasteiger partial charge in [0.25, 0.3) is 0 Å². The van der Waals surface area contributed by atoms with Gasteiger partial charge in [0.1, 0.15) is 18.5 Å². The summed E-state index contributed by atoms with van der Waals surface area (Å²) in [6, 6.07) is 8.57. The Labute approximate surface area is 115 Å². The van der Waals surface area contributed by atoms with Crippen LogP contribution in [0.25, 0.3) is 0 Å². The highest BCUT2D eigenvalue weighted by molar-refractivity contribution is 5.30. The Morgan fingerprint density at radius 2 is 2.37 bits per heavy atom. The van der Waals surface area contributed by atoms with Gasteiger partial charge in [0, 0.05) is 19.1 Å². The van der Waals surface area contributed by atoms with E-state index in [0.717, 1.165) is 25.4 Å². The minimum atomic E-state index is 0.170. The average Bonchev–Trinajstić information content (AvgIpc) is 2.45. The van der Waals surface area contributed by atoms with Crippen LogP contribution in [0.15, 0.2) is 24.3 Å². The molecule has 0 aromatic heterocycles. The van der Waals surface area contributed by atoms with Crippen molar-refractivity contribution in [2.75, 3.05) is 40.4 Å². The maximum atomic E-state index is 5.85. The normalized spacial score (nSPS) is 22.2. The van der Waals surface area contributed by atoms with Gasteiger partial charge in [-0.15, -0.1) is 0 Å². The lowest BCUT2D eigenvalue weighted by atomic mass is 10.1. The molecule has 0 radical (unpaired) electrons. The summed E-state index contributed by atoms with van der Waals surface area (Å²) in [7, 11) is 4.08. The molecule has 1 saturated heterocycles. The van der Waals surface area contributed by atoms with Crippen molar-refractivity contribution in [3.05, 3.63) is 29.8 Å². The summed E-state index contributed by atoms with van der Waals surface area (Å²) < 4.78 is 11.5. The molecule has 2 unspecified atom stereocenters. The maximum Gasteiger partial charge on any atom is 0.119 e. The van der Waals surface area contributed by atoms with Crippen LogP contribution in [0.5, 0.6) is 5.75 Å². The van der Waals surface area contributed by atoms with E-state index >= 15 is 0 Å². The summed E-state index contributed by atoms with van der Waals surface area (Å²) >= 11 is 0. The van der Waals surface area contributed by atoms with Crippen LogP contribution in [0.1, 0.15) is 18.5 Å². The van der Waals surface area contributed by atoms with Crippen LogP contribution in [0.3, 0.4) is 0 Å². The summed E-state index contributed by atoms with van der Waals surface area (Å²) in [6.45, 7) is 5.49. The fourth-order valence-corrected chi connectivity index (χ4v) is 2.20. The lowest BCUT2D eigenvalue weighted by Gasteiger charge is -2.29. The van der Waals surface area contributed by atoms with Crippen LogP contribution in [-0.4, -0.2) is 51.4 Å². The molecule has 1 aromatic carbocycles. The molecule has 1 aromatic rings. The van der Waals surface area contributed by atoms with Crippen LogP contribution in [0.2, 0.25) is 0 Å². The lowest BCUT2D eigenvalue weighted by Crippen LogP contribution is -2.42. The molecule has 0 amide bonds. The van der Waals surface area contributed by atoms with E-state index in [9.17, 15) is 0 Å². The van der Waals surface area contributed by atoms with E-state index in [1.807, 2.05) is 19.2 Å². The molecule has 0 aliphatic carbocycles. The van der Waals surface area contributed by atoms with Crippen molar-refractivity contribution in [3.63, 3.8) is 0 Å². The molecule has 1 heterocycles. The molecule has 2 rings (SSSR count). The third-order valence-corrected chi connectivity index (χ3v) is 3.57. The molecule has 1 aliphatic rings. The van der Waals surface area contributed by atoms with Crippen molar-refractivity contribution in [1.82, 2.24) is 10.2 Å². The number of likely N-dealkylation sites (N-methyl/N-ethyl adjacent to an activating group) is 1. The molecule has 0 spiro atoms. The Morgan fingerprint density at radius 1 is 1.53 bits per heavy atom. The molecule has 19 heavy (non-hydrogen) atoms. The van der Waals surface area contributed by atoms with E-state index in [0.29, 0.717) is 12.6 Å². The molecule has 0 saturated carbocycles. The van der Waals surface area contributed by atoms with Crippen LogP contribution < -0.4 is 10.1 Å². The van der Waals surface area contributed by atoms with Crippen molar-refractivity contribution in [1.29, 1.82) is 0 Å². The van der Waals surface area contributed by atoms with Crippen LogP contribution >= 0.6 is 0 Å². The molecule has 4 heteroatoms. The van der Waals surface area contributed by atoms with Crippen molar-refractivity contribution >= 4 is 0 Å². The highest BCUT2D eigenvalue weighted by Gasteiger charge is 2.18. The van der Waals surface area contributed by atoms with E-state index in [4.69, 9.17) is 9.47 Å². The SMILES string of the molecule is CNC(C)c1cccc(OCC2CN(C)CCO2)c1. The second kappa shape index (κ2) is 6.89. The minimum absolute atomic E-state index is 0.170. The molecule has 0 bridgehead atoms. The van der Waals surface area contributed by atoms with E-state index in [1.54, 1.807) is 0 Å². The van der Waals surface area contributed by atoms with Gasteiger partial charge in [0.05, 0.1) is 6.61 Å². The van der Waals surface area contributed by atoms with Gasteiger partial charge in [-0.2, -0.15) is 0 Å². The Bertz CT molecular complexity index is 397. The first-order chi connectivity index (χ1) is 9.19. The number of morpholine rings is 1. The third-order valence-electron chi connectivity index (χ3n) is 3.57. The third kappa shape index (κ3) is 4.20. The molecule has 1 fully saturated rings. The molecule has 2 atom stereocenters. The maximum absolute atomic E-state index is 5.85. The molecule has 1 aliphatic heterocycles. The quantitative estimate of drug-likeness (QED) is 0.877. The largest absolute Gasteiger partial charge is 0.491 e. The second-order valence-electron chi connectivity index (χ2n) is 5.15. The monoisotopic (exact) mass is 264 g/mol. The predicted octanol–water partition coefficient (Wildman–Crippen LogP) is 1.68. The standard InChI is InChI=1S/C15H24N2O2/c1-12(16-2)13-5-4-6-14(9-13)19-11-15-10-17(3)7-8-18-15/h4-6,9,12,15-16H,7-8,10-11H2,1-3H3. The first-order valence-electron chi connectivity index (χ1n) is 6.89. The Balaban J connectivity index is 1.88. The van der Waals surface area contributed by atoms with E-state index in [1.165, 1.54) is 5.56 Å². The fourth-order valence-electron chi connectivity index (χ4n) is 2.20. The second-order valence-corrected chi connectivity index (χ2v) is 5.15. The van der Waals surface area contributed by atoms with Crippen LogP contribution in [0.4, 0.5) is 0 Å². The summed E-state index contributed by atoms with van der Waals surface area (Å²) in [5.41, 5.74) is 1.24. The summed E-state index contributed by atoms with van der Waals surface area (Å²) in [5, 5.41) is 3.23. The minimum Gasteiger partial charge on any atom is -0.491 e. The lowest BCUT2D eigenvalue weighted by molar-refractivity contribution is -0.0403. The summed E-state index contributed by atoms with van der Waals surface area (Å²) in [5.74, 6) is 0.913. The van der Waals surface area contributed by atoms with Gasteiger partial charge in [0.15, 0.2) is 0 Å². The van der Waals surface area contributed by atoms with Gasteiger partial charge in [-0.3, -0.25) is 0 Å². The number of nitrogens with one attached hydrogen (secondary N) is 1. The fraction of sp³-hybridized carbons (Fsp3) is 0.600. The van der Waals surface area contributed by atoms with Gasteiger partial charge in [-0.25, -0.2) is 0 Å². The van der Waals surface area contributed by atoms with Gasteiger partial charge in [0.2, 0.25) is 0 Å². The summed E-state index contributed by atoms with van der Waals surface area (Å²) in [6.07, 6.45) is 0.170. The van der Waals surface area contributed by atoms with Gasteiger partial charge < -0.3 is 19.7 Å². The number of hydrogen-bond acceptors (Lipinski definition) is 4. The molecular weight excluding hydrogens is 240 g/mol. The van der Waals surface area contributed by atoms with E-state index < -0.39 is 0 Å². The zero-order chi connectivity index (χ0) is 13.7. The van der Waals surface area contributed by atoms with Crippen molar-refractivity contribution < 1.29 is 9.47 Å². The van der Waals surface area contributed by atoms with Gasteiger partial charge in [-0.05, 0) is 38.7 Å².